The van der Waals surface area contributed by atoms with Gasteiger partial charge in [-0.05, 0) is 29.7 Å². The van der Waals surface area contributed by atoms with Gasteiger partial charge in [-0.2, -0.15) is 0 Å². The molecule has 0 aliphatic rings. The Morgan fingerprint density at radius 1 is 1.20 bits per heavy atom. The summed E-state index contributed by atoms with van der Waals surface area (Å²) in [6, 6.07) is 16.5. The summed E-state index contributed by atoms with van der Waals surface area (Å²) < 4.78 is 0. The number of benzene rings is 2. The van der Waals surface area contributed by atoms with Crippen LogP contribution in [0.3, 0.4) is 0 Å². The molecule has 1 aromatic heterocycles. The molecule has 4 N–H and O–H groups in total. The summed E-state index contributed by atoms with van der Waals surface area (Å²) >= 11 is 1.30. The number of nitrogens with two attached hydrogens (primary N) is 1. The van der Waals surface area contributed by atoms with Gasteiger partial charge in [0.15, 0.2) is 5.13 Å². The van der Waals surface area contributed by atoms with E-state index in [1.807, 2.05) is 42.5 Å². The second-order valence-corrected chi connectivity index (χ2v) is 7.66. The lowest BCUT2D eigenvalue weighted by molar-refractivity contribution is -0.115. The van der Waals surface area contributed by atoms with E-state index < -0.39 is 6.10 Å². The number of nitroso groups, excluding NO2 is 1. The Morgan fingerprint density at radius 3 is 2.57 bits per heavy atom. The van der Waals surface area contributed by atoms with Gasteiger partial charge < -0.3 is 16.2 Å². The van der Waals surface area contributed by atoms with Gasteiger partial charge in [0, 0.05) is 17.6 Å². The molecule has 0 saturated heterocycles. The highest BCUT2D eigenvalue weighted by Gasteiger charge is 2.13. The lowest BCUT2D eigenvalue weighted by Gasteiger charge is -2.19. The molecule has 3 aromatic rings. The number of anilines is 2. The lowest BCUT2D eigenvalue weighted by Crippen LogP contribution is -2.25. The summed E-state index contributed by atoms with van der Waals surface area (Å²) in [4.78, 5) is 27.3. The second kappa shape index (κ2) is 10.5. The van der Waals surface area contributed by atoms with Crippen LogP contribution in [0.1, 0.15) is 22.9 Å². The molecule has 0 aliphatic carbocycles. The van der Waals surface area contributed by atoms with Crippen molar-refractivity contribution in [2.45, 2.75) is 18.9 Å². The molecule has 8 nitrogen and oxygen atoms in total. The zero-order chi connectivity index (χ0) is 21.3. The number of aromatic nitrogens is 1. The fourth-order valence-electron chi connectivity index (χ4n) is 2.93. The van der Waals surface area contributed by atoms with Gasteiger partial charge in [0.05, 0.1) is 30.0 Å². The van der Waals surface area contributed by atoms with Crippen LogP contribution >= 0.6 is 11.3 Å². The van der Waals surface area contributed by atoms with Crippen molar-refractivity contribution in [2.24, 2.45) is 5.29 Å². The number of thiazole rings is 1. The summed E-state index contributed by atoms with van der Waals surface area (Å²) in [7, 11) is 0. The molecule has 0 spiro atoms. The van der Waals surface area contributed by atoms with E-state index in [0.717, 1.165) is 11.1 Å². The summed E-state index contributed by atoms with van der Waals surface area (Å²) in [6.07, 6.45) is -0.0341. The van der Waals surface area contributed by atoms with Crippen molar-refractivity contribution >= 4 is 28.1 Å². The minimum absolute atomic E-state index is 0.128. The van der Waals surface area contributed by atoms with Gasteiger partial charge in [0.2, 0.25) is 5.91 Å². The molecular formula is C21H23N5O3S. The molecule has 30 heavy (non-hydrogen) atoms. The Labute approximate surface area is 178 Å². The Morgan fingerprint density at radius 2 is 1.93 bits per heavy atom. The maximum Gasteiger partial charge on any atom is 0.230 e. The van der Waals surface area contributed by atoms with Crippen molar-refractivity contribution in [1.29, 1.82) is 0 Å². The van der Waals surface area contributed by atoms with Gasteiger partial charge >= 0.3 is 0 Å². The fraction of sp³-hybridized carbons (Fsp3) is 0.238. The quantitative estimate of drug-likeness (QED) is 0.339. The second-order valence-electron chi connectivity index (χ2n) is 6.77. The highest BCUT2D eigenvalue weighted by molar-refractivity contribution is 7.13. The van der Waals surface area contributed by atoms with Gasteiger partial charge in [0.1, 0.15) is 0 Å². The van der Waals surface area contributed by atoms with Crippen LogP contribution in [0, 0.1) is 4.91 Å². The molecule has 2 aromatic carbocycles. The van der Waals surface area contributed by atoms with E-state index in [2.05, 4.69) is 15.6 Å². The number of rotatable bonds is 10. The number of nitrogens with one attached hydrogen (secondary N) is 1. The van der Waals surface area contributed by atoms with Crippen LogP contribution < -0.4 is 11.1 Å². The number of aliphatic hydroxyl groups excluding tert-OH is 1. The van der Waals surface area contributed by atoms with E-state index in [0.29, 0.717) is 29.5 Å². The first-order valence-corrected chi connectivity index (χ1v) is 10.3. The van der Waals surface area contributed by atoms with E-state index in [9.17, 15) is 14.8 Å². The van der Waals surface area contributed by atoms with Crippen LogP contribution in [0.15, 0.2) is 65.3 Å². The number of nitrogens with zero attached hydrogens (tertiary/aromatic N) is 3. The summed E-state index contributed by atoms with van der Waals surface area (Å²) in [6.45, 7) is 0.507. The SMILES string of the molecule is Nc1nc(CC(=O)Nc2ccc(CCN(CC(O)c3ccccc3)N=O)cc2)cs1. The predicted molar refractivity (Wildman–Crippen MR) is 118 cm³/mol. The monoisotopic (exact) mass is 425 g/mol. The van der Waals surface area contributed by atoms with Gasteiger partial charge in [-0.25, -0.2) is 4.98 Å². The van der Waals surface area contributed by atoms with Crippen LogP contribution in [0.4, 0.5) is 10.8 Å². The van der Waals surface area contributed by atoms with Crippen molar-refractivity contribution in [3.8, 4) is 0 Å². The zero-order valence-corrected chi connectivity index (χ0v) is 17.1. The largest absolute Gasteiger partial charge is 0.386 e. The molecule has 156 valence electrons. The Hall–Kier alpha value is -3.30. The predicted octanol–water partition coefficient (Wildman–Crippen LogP) is 3.17. The smallest absolute Gasteiger partial charge is 0.230 e. The van der Waals surface area contributed by atoms with Crippen molar-refractivity contribution < 1.29 is 9.90 Å². The molecule has 1 unspecified atom stereocenters. The number of carbonyl (C=O) groups is 1. The van der Waals surface area contributed by atoms with E-state index >= 15 is 0 Å². The van der Waals surface area contributed by atoms with Crippen molar-refractivity contribution in [3.63, 3.8) is 0 Å². The molecule has 9 heteroatoms. The number of nitrogen functional groups attached to an aromatic ring is 1. The first kappa shape index (κ1) is 21.4. The molecule has 3 rings (SSSR count). The molecule has 0 radical (unpaired) electrons. The maximum absolute atomic E-state index is 12.1. The normalized spacial score (nSPS) is 11.6. The molecule has 1 heterocycles. The van der Waals surface area contributed by atoms with Crippen LogP contribution in [0.2, 0.25) is 0 Å². The summed E-state index contributed by atoms with van der Waals surface area (Å²) in [5, 5.41) is 19.6. The standard InChI is InChI=1S/C21H23N5O3S/c22-21-24-18(14-30-21)12-20(28)23-17-8-6-15(7-9-17)10-11-26(25-29)13-19(27)16-4-2-1-3-5-16/h1-9,14,19,27H,10-13H2,(H2,22,24)(H,23,28). The minimum atomic E-state index is -0.783. The van der Waals surface area contributed by atoms with Gasteiger partial charge in [-0.15, -0.1) is 16.2 Å². The van der Waals surface area contributed by atoms with Crippen LogP contribution in [0.25, 0.3) is 0 Å². The Bertz CT molecular complexity index is 962. The van der Waals surface area contributed by atoms with E-state index in [1.165, 1.54) is 16.3 Å². The van der Waals surface area contributed by atoms with E-state index in [-0.39, 0.29) is 18.9 Å². The topological polar surface area (TPSA) is 121 Å². The fourth-order valence-corrected chi connectivity index (χ4v) is 3.49. The minimum Gasteiger partial charge on any atom is -0.386 e. The average Bonchev–Trinajstić information content (AvgIpc) is 3.16. The molecule has 1 amide bonds. The summed E-state index contributed by atoms with van der Waals surface area (Å²) in [5.41, 5.74) is 8.62. The molecule has 0 bridgehead atoms. The first-order valence-electron chi connectivity index (χ1n) is 9.43. The third-order valence-corrected chi connectivity index (χ3v) is 5.21. The molecule has 0 saturated carbocycles. The zero-order valence-electron chi connectivity index (χ0n) is 16.3. The van der Waals surface area contributed by atoms with Crippen LogP contribution in [-0.4, -0.2) is 34.1 Å². The lowest BCUT2D eigenvalue weighted by atomic mass is 10.1. The maximum atomic E-state index is 12.1. The third kappa shape index (κ3) is 6.36. The number of carbonyl (C=O) groups excluding carboxylic acids is 1. The molecule has 1 atom stereocenters. The molecule has 0 aliphatic heterocycles. The van der Waals surface area contributed by atoms with Gasteiger partial charge in [0.25, 0.3) is 0 Å². The molecule has 0 fully saturated rings. The average molecular weight is 426 g/mol. The highest BCUT2D eigenvalue weighted by atomic mass is 32.1. The van der Waals surface area contributed by atoms with Crippen molar-refractivity contribution in [1.82, 2.24) is 9.99 Å². The number of aliphatic hydroxyl groups is 1. The third-order valence-electron chi connectivity index (χ3n) is 4.49. The van der Waals surface area contributed by atoms with Crippen molar-refractivity contribution in [3.05, 3.63) is 81.7 Å². The van der Waals surface area contributed by atoms with E-state index in [1.54, 1.807) is 17.5 Å². The van der Waals surface area contributed by atoms with E-state index in [4.69, 9.17) is 5.73 Å². The number of hydrogen-bond acceptors (Lipinski definition) is 7. The Balaban J connectivity index is 1.47. The highest BCUT2D eigenvalue weighted by Crippen LogP contribution is 2.16. The van der Waals surface area contributed by atoms with Gasteiger partial charge in [-0.3, -0.25) is 9.80 Å². The van der Waals surface area contributed by atoms with Crippen LogP contribution in [0.5, 0.6) is 0 Å². The summed E-state index contributed by atoms with van der Waals surface area (Å²) in [5.74, 6) is -0.167. The van der Waals surface area contributed by atoms with Crippen LogP contribution in [-0.2, 0) is 17.6 Å². The molecular weight excluding hydrogens is 402 g/mol. The number of amides is 1. The Kier molecular flexibility index (Phi) is 7.47. The van der Waals surface area contributed by atoms with Gasteiger partial charge in [-0.1, -0.05) is 42.5 Å². The number of hydrogen-bond donors (Lipinski definition) is 3. The van der Waals surface area contributed by atoms with Crippen molar-refractivity contribution in [2.75, 3.05) is 24.1 Å². The first-order chi connectivity index (χ1) is 14.5.